The second kappa shape index (κ2) is 7.47. The first kappa shape index (κ1) is 18.7. The number of halogens is 2. The first-order chi connectivity index (χ1) is 8.47. The molecule has 0 bridgehead atoms. The fraction of sp³-hybridized carbons (Fsp3) is 0.385. The van der Waals surface area contributed by atoms with Gasteiger partial charge in [-0.25, -0.2) is 4.98 Å². The number of hydrogen-bond acceptors (Lipinski definition) is 3. The van der Waals surface area contributed by atoms with Crippen molar-refractivity contribution in [3.63, 3.8) is 0 Å². The molecule has 0 saturated heterocycles. The zero-order chi connectivity index (χ0) is 13.3. The number of fused-ring (bicyclic) bond motifs is 1. The summed E-state index contributed by atoms with van der Waals surface area (Å²) in [5, 5.41) is 2.81. The van der Waals surface area contributed by atoms with Gasteiger partial charge in [0.15, 0.2) is 0 Å². The van der Waals surface area contributed by atoms with Crippen LogP contribution < -0.4 is 11.1 Å². The van der Waals surface area contributed by atoms with Gasteiger partial charge in [-0.3, -0.25) is 4.79 Å². The van der Waals surface area contributed by atoms with Crippen LogP contribution in [-0.2, 0) is 4.79 Å². The number of benzene rings is 1. The molecule has 1 amide bonds. The number of aromatic amines is 1. The highest BCUT2D eigenvalue weighted by molar-refractivity contribution is 5.96. The van der Waals surface area contributed by atoms with Crippen molar-refractivity contribution in [1.29, 1.82) is 0 Å². The largest absolute Gasteiger partial charge is 0.342 e. The number of nitrogens with zero attached hydrogens (tertiary/aromatic N) is 1. The molecule has 0 aliphatic rings. The number of nitrogens with two attached hydrogens (primary N) is 1. The molecule has 112 valence electrons. The highest BCUT2D eigenvalue weighted by Crippen LogP contribution is 2.17. The standard InChI is InChI=1S/C13H18N4O.2ClH/c1-7(2)12(14)13(18)17-9-4-5-10-11(6-9)16-8(3)15-10;;/h4-7,12H,14H2,1-3H3,(H,15,16)(H,17,18);2*1H. The normalized spacial score (nSPS) is 11.7. The minimum Gasteiger partial charge on any atom is -0.342 e. The first-order valence-corrected chi connectivity index (χ1v) is 6.00. The molecule has 0 aliphatic heterocycles. The number of imidazole rings is 1. The van der Waals surface area contributed by atoms with Gasteiger partial charge in [0.1, 0.15) is 5.82 Å². The van der Waals surface area contributed by atoms with Gasteiger partial charge in [-0.1, -0.05) is 13.8 Å². The maximum Gasteiger partial charge on any atom is 0.241 e. The van der Waals surface area contributed by atoms with Gasteiger partial charge in [0.25, 0.3) is 0 Å². The van der Waals surface area contributed by atoms with Crippen LogP contribution >= 0.6 is 24.8 Å². The van der Waals surface area contributed by atoms with Crippen LogP contribution in [0.15, 0.2) is 18.2 Å². The molecule has 2 rings (SSSR count). The third-order valence-electron chi connectivity index (χ3n) is 2.89. The number of H-pyrrole nitrogens is 1. The third-order valence-corrected chi connectivity index (χ3v) is 2.89. The Morgan fingerprint density at radius 3 is 2.60 bits per heavy atom. The van der Waals surface area contributed by atoms with Gasteiger partial charge in [-0.2, -0.15) is 0 Å². The zero-order valence-corrected chi connectivity index (χ0v) is 13.3. The van der Waals surface area contributed by atoms with E-state index in [0.29, 0.717) is 0 Å². The maximum atomic E-state index is 11.8. The first-order valence-electron chi connectivity index (χ1n) is 6.00. The van der Waals surface area contributed by atoms with E-state index in [1.165, 1.54) is 0 Å². The predicted octanol–water partition coefficient (Wildman–Crippen LogP) is 2.64. The topological polar surface area (TPSA) is 83.8 Å². The maximum absolute atomic E-state index is 11.8. The minimum atomic E-state index is -0.496. The Balaban J connectivity index is 0.00000180. The van der Waals surface area contributed by atoms with Crippen molar-refractivity contribution in [3.05, 3.63) is 24.0 Å². The highest BCUT2D eigenvalue weighted by atomic mass is 35.5. The van der Waals surface area contributed by atoms with Crippen molar-refractivity contribution >= 4 is 47.4 Å². The van der Waals surface area contributed by atoms with E-state index < -0.39 is 6.04 Å². The lowest BCUT2D eigenvalue weighted by Crippen LogP contribution is -2.39. The van der Waals surface area contributed by atoms with Crippen molar-refractivity contribution in [2.75, 3.05) is 5.32 Å². The van der Waals surface area contributed by atoms with Crippen molar-refractivity contribution in [2.24, 2.45) is 11.7 Å². The number of hydrogen-bond donors (Lipinski definition) is 3. The molecule has 1 aromatic carbocycles. The predicted molar refractivity (Wildman–Crippen MR) is 86.8 cm³/mol. The molecule has 0 saturated carbocycles. The van der Waals surface area contributed by atoms with Crippen LogP contribution in [0.3, 0.4) is 0 Å². The number of anilines is 1. The number of aryl methyl sites for hydroxylation is 1. The number of carbonyl (C=O) groups excluding carboxylic acids is 1. The molecule has 20 heavy (non-hydrogen) atoms. The van der Waals surface area contributed by atoms with Crippen LogP contribution in [-0.4, -0.2) is 21.9 Å². The number of nitrogens with one attached hydrogen (secondary N) is 2. The Hall–Kier alpha value is -1.30. The molecular weight excluding hydrogens is 299 g/mol. The summed E-state index contributed by atoms with van der Waals surface area (Å²) < 4.78 is 0. The van der Waals surface area contributed by atoms with E-state index in [1.54, 1.807) is 0 Å². The molecule has 5 nitrogen and oxygen atoms in total. The molecule has 0 spiro atoms. The summed E-state index contributed by atoms with van der Waals surface area (Å²) in [6.07, 6.45) is 0. The molecule has 0 aliphatic carbocycles. The van der Waals surface area contributed by atoms with Crippen molar-refractivity contribution in [3.8, 4) is 0 Å². The monoisotopic (exact) mass is 318 g/mol. The lowest BCUT2D eigenvalue weighted by atomic mass is 10.0. The SMILES string of the molecule is Cc1nc2ccc(NC(=O)C(N)C(C)C)cc2[nH]1.Cl.Cl. The fourth-order valence-corrected chi connectivity index (χ4v) is 1.74. The van der Waals surface area contributed by atoms with E-state index in [4.69, 9.17) is 5.73 Å². The van der Waals surface area contributed by atoms with Gasteiger partial charge >= 0.3 is 0 Å². The fourth-order valence-electron chi connectivity index (χ4n) is 1.74. The second-order valence-electron chi connectivity index (χ2n) is 4.81. The Morgan fingerprint density at radius 1 is 1.35 bits per heavy atom. The highest BCUT2D eigenvalue weighted by Gasteiger charge is 2.17. The van der Waals surface area contributed by atoms with Gasteiger partial charge in [0, 0.05) is 5.69 Å². The summed E-state index contributed by atoms with van der Waals surface area (Å²) in [5.74, 6) is 0.802. The molecule has 1 heterocycles. The number of aromatic nitrogens is 2. The van der Waals surface area contributed by atoms with Crippen LogP contribution in [0.25, 0.3) is 11.0 Å². The molecular formula is C13H20Cl2N4O. The lowest BCUT2D eigenvalue weighted by molar-refractivity contribution is -0.118. The van der Waals surface area contributed by atoms with Gasteiger partial charge in [0.05, 0.1) is 17.1 Å². The Labute approximate surface area is 130 Å². The summed E-state index contributed by atoms with van der Waals surface area (Å²) in [7, 11) is 0. The summed E-state index contributed by atoms with van der Waals surface area (Å²) in [5.41, 5.74) is 8.31. The van der Waals surface area contributed by atoms with E-state index in [1.807, 2.05) is 39.0 Å². The van der Waals surface area contributed by atoms with Crippen LogP contribution in [0, 0.1) is 12.8 Å². The molecule has 4 N–H and O–H groups in total. The summed E-state index contributed by atoms with van der Waals surface area (Å²) in [6.45, 7) is 5.74. The lowest BCUT2D eigenvalue weighted by Gasteiger charge is -2.15. The van der Waals surface area contributed by atoms with Gasteiger partial charge < -0.3 is 16.0 Å². The van der Waals surface area contributed by atoms with Crippen LogP contribution in [0.1, 0.15) is 19.7 Å². The molecule has 2 aromatic rings. The number of rotatable bonds is 3. The quantitative estimate of drug-likeness (QED) is 0.813. The van der Waals surface area contributed by atoms with E-state index in [-0.39, 0.29) is 36.6 Å². The van der Waals surface area contributed by atoms with Crippen LogP contribution in [0.4, 0.5) is 5.69 Å². The average Bonchev–Trinajstić information content (AvgIpc) is 2.67. The smallest absolute Gasteiger partial charge is 0.241 e. The molecule has 0 fully saturated rings. The van der Waals surface area contributed by atoms with Crippen LogP contribution in [0.2, 0.25) is 0 Å². The second-order valence-corrected chi connectivity index (χ2v) is 4.81. The molecule has 7 heteroatoms. The summed E-state index contributed by atoms with van der Waals surface area (Å²) in [6, 6.07) is 5.06. The van der Waals surface area contributed by atoms with Gasteiger partial charge in [-0.05, 0) is 31.0 Å². The minimum absolute atomic E-state index is 0. The number of carbonyl (C=O) groups is 1. The summed E-state index contributed by atoms with van der Waals surface area (Å²) in [4.78, 5) is 19.3. The van der Waals surface area contributed by atoms with Crippen molar-refractivity contribution in [1.82, 2.24) is 9.97 Å². The van der Waals surface area contributed by atoms with Crippen LogP contribution in [0.5, 0.6) is 0 Å². The van der Waals surface area contributed by atoms with Crippen molar-refractivity contribution < 1.29 is 4.79 Å². The van der Waals surface area contributed by atoms with E-state index >= 15 is 0 Å². The Morgan fingerprint density at radius 2 is 2.00 bits per heavy atom. The van der Waals surface area contributed by atoms with Gasteiger partial charge in [0.2, 0.25) is 5.91 Å². The van der Waals surface area contributed by atoms with E-state index in [9.17, 15) is 4.79 Å². The molecule has 1 unspecified atom stereocenters. The third kappa shape index (κ3) is 4.10. The molecule has 0 radical (unpaired) electrons. The van der Waals surface area contributed by atoms with Gasteiger partial charge in [-0.15, -0.1) is 24.8 Å². The Bertz CT molecular complexity index is 583. The average molecular weight is 319 g/mol. The van der Waals surface area contributed by atoms with E-state index in [2.05, 4.69) is 15.3 Å². The molecule has 1 atom stereocenters. The molecule has 1 aromatic heterocycles. The Kier molecular flexibility index (Phi) is 6.99. The zero-order valence-electron chi connectivity index (χ0n) is 11.6. The van der Waals surface area contributed by atoms with E-state index in [0.717, 1.165) is 22.5 Å². The summed E-state index contributed by atoms with van der Waals surface area (Å²) >= 11 is 0. The van der Waals surface area contributed by atoms with Crippen molar-refractivity contribution in [2.45, 2.75) is 26.8 Å². The number of amides is 1.